The van der Waals surface area contributed by atoms with Crippen LogP contribution < -0.4 is 10.5 Å². The number of aryl methyl sites for hydroxylation is 2. The Hall–Kier alpha value is -1.02. The largest absolute Gasteiger partial charge is 0.496 e. The van der Waals surface area contributed by atoms with Gasteiger partial charge in [0.15, 0.2) is 0 Å². The second-order valence-electron chi connectivity index (χ2n) is 4.76. The van der Waals surface area contributed by atoms with E-state index in [-0.39, 0.29) is 5.54 Å². The third-order valence-electron chi connectivity index (χ3n) is 2.54. The van der Waals surface area contributed by atoms with Crippen LogP contribution in [0.4, 0.5) is 0 Å². The molecule has 1 aromatic carbocycles. The van der Waals surface area contributed by atoms with Gasteiger partial charge in [-0.2, -0.15) is 0 Å². The lowest BCUT2D eigenvalue weighted by atomic mass is 9.95. The van der Waals surface area contributed by atoms with Gasteiger partial charge in [0.25, 0.3) is 0 Å². The Kier molecular flexibility index (Phi) is 3.75. The van der Waals surface area contributed by atoms with Crippen LogP contribution in [0.25, 0.3) is 0 Å². The van der Waals surface area contributed by atoms with Crippen molar-refractivity contribution in [3.8, 4) is 5.75 Å². The predicted octanol–water partition coefficient (Wildman–Crippen LogP) is 2.67. The van der Waals surface area contributed by atoms with Crippen LogP contribution in [0.5, 0.6) is 5.75 Å². The molecule has 0 radical (unpaired) electrons. The predicted molar refractivity (Wildman–Crippen MR) is 64.3 cm³/mol. The Labute approximate surface area is 92.4 Å². The van der Waals surface area contributed by atoms with E-state index in [0.29, 0.717) is 0 Å². The van der Waals surface area contributed by atoms with Crippen molar-refractivity contribution in [2.45, 2.75) is 39.2 Å². The summed E-state index contributed by atoms with van der Waals surface area (Å²) in [5, 5.41) is 0. The quantitative estimate of drug-likeness (QED) is 0.823. The van der Waals surface area contributed by atoms with E-state index in [4.69, 9.17) is 10.5 Å². The molecule has 15 heavy (non-hydrogen) atoms. The zero-order valence-corrected chi connectivity index (χ0v) is 10.1. The molecule has 0 aliphatic rings. The van der Waals surface area contributed by atoms with Gasteiger partial charge in [-0.1, -0.05) is 18.2 Å². The lowest BCUT2D eigenvalue weighted by Gasteiger charge is -2.19. The molecule has 2 N–H and O–H groups in total. The number of methoxy groups -OCH3 is 1. The molecule has 0 fully saturated rings. The fourth-order valence-corrected chi connectivity index (χ4v) is 1.66. The number of rotatable bonds is 4. The lowest BCUT2D eigenvalue weighted by Crippen LogP contribution is -2.32. The number of para-hydroxylation sites is 1. The van der Waals surface area contributed by atoms with Gasteiger partial charge >= 0.3 is 0 Å². The smallest absolute Gasteiger partial charge is 0.124 e. The summed E-state index contributed by atoms with van der Waals surface area (Å²) >= 11 is 0. The maximum absolute atomic E-state index is 5.97. The minimum absolute atomic E-state index is 0.116. The van der Waals surface area contributed by atoms with Crippen LogP contribution in [0.2, 0.25) is 0 Å². The minimum Gasteiger partial charge on any atom is -0.496 e. The van der Waals surface area contributed by atoms with Crippen LogP contribution in [0.3, 0.4) is 0 Å². The van der Waals surface area contributed by atoms with E-state index < -0.39 is 0 Å². The van der Waals surface area contributed by atoms with Crippen LogP contribution in [0.15, 0.2) is 18.2 Å². The highest BCUT2D eigenvalue weighted by molar-refractivity contribution is 5.40. The summed E-state index contributed by atoms with van der Waals surface area (Å²) in [6.07, 6.45) is 1.93. The first kappa shape index (κ1) is 12.1. The average molecular weight is 207 g/mol. The van der Waals surface area contributed by atoms with Gasteiger partial charge in [0.2, 0.25) is 0 Å². The fraction of sp³-hybridized carbons (Fsp3) is 0.538. The highest BCUT2D eigenvalue weighted by atomic mass is 16.5. The Morgan fingerprint density at radius 3 is 2.53 bits per heavy atom. The second kappa shape index (κ2) is 4.67. The molecule has 2 nitrogen and oxygen atoms in total. The molecule has 0 aliphatic heterocycles. The number of ether oxygens (including phenoxy) is 1. The summed E-state index contributed by atoms with van der Waals surface area (Å²) in [6, 6.07) is 6.24. The molecule has 2 heteroatoms. The maximum atomic E-state index is 5.97. The topological polar surface area (TPSA) is 35.2 Å². The summed E-state index contributed by atoms with van der Waals surface area (Å²) in [5.41, 5.74) is 8.29. The molecule has 1 aromatic rings. The molecule has 0 spiro atoms. The molecular formula is C13H21NO. The Balaban J connectivity index is 2.81. The molecule has 0 saturated carbocycles. The van der Waals surface area contributed by atoms with Gasteiger partial charge in [0, 0.05) is 5.54 Å². The van der Waals surface area contributed by atoms with Crippen molar-refractivity contribution in [3.05, 3.63) is 29.3 Å². The zero-order valence-electron chi connectivity index (χ0n) is 10.1. The Morgan fingerprint density at radius 1 is 1.33 bits per heavy atom. The third-order valence-corrected chi connectivity index (χ3v) is 2.54. The van der Waals surface area contributed by atoms with Crippen LogP contribution in [-0.4, -0.2) is 12.6 Å². The van der Waals surface area contributed by atoms with Crippen molar-refractivity contribution in [3.63, 3.8) is 0 Å². The van der Waals surface area contributed by atoms with Gasteiger partial charge in [-0.3, -0.25) is 0 Å². The van der Waals surface area contributed by atoms with Crippen molar-refractivity contribution < 1.29 is 4.74 Å². The van der Waals surface area contributed by atoms with Gasteiger partial charge in [0.1, 0.15) is 5.75 Å². The standard InChI is InChI=1S/C13H21NO/c1-10-6-5-7-11(12(10)15-4)8-9-13(2,3)14/h5-7H,8-9,14H2,1-4H3. The number of hydrogen-bond acceptors (Lipinski definition) is 2. The summed E-state index contributed by atoms with van der Waals surface area (Å²) < 4.78 is 5.40. The summed E-state index contributed by atoms with van der Waals surface area (Å²) in [7, 11) is 1.72. The van der Waals surface area contributed by atoms with Crippen LogP contribution in [-0.2, 0) is 6.42 Å². The average Bonchev–Trinajstić information content (AvgIpc) is 2.13. The van der Waals surface area contributed by atoms with Gasteiger partial charge < -0.3 is 10.5 Å². The highest BCUT2D eigenvalue weighted by Crippen LogP contribution is 2.25. The van der Waals surface area contributed by atoms with Gasteiger partial charge in [-0.25, -0.2) is 0 Å². The van der Waals surface area contributed by atoms with Crippen LogP contribution >= 0.6 is 0 Å². The van der Waals surface area contributed by atoms with E-state index in [9.17, 15) is 0 Å². The van der Waals surface area contributed by atoms with Crippen molar-refractivity contribution in [1.82, 2.24) is 0 Å². The minimum atomic E-state index is -0.116. The molecule has 0 amide bonds. The van der Waals surface area contributed by atoms with Gasteiger partial charge in [-0.15, -0.1) is 0 Å². The van der Waals surface area contributed by atoms with Gasteiger partial charge in [0.05, 0.1) is 7.11 Å². The summed E-state index contributed by atoms with van der Waals surface area (Å²) in [6.45, 7) is 6.17. The molecule has 0 aromatic heterocycles. The number of hydrogen-bond donors (Lipinski definition) is 1. The maximum Gasteiger partial charge on any atom is 0.124 e. The van der Waals surface area contributed by atoms with E-state index >= 15 is 0 Å². The molecule has 1 rings (SSSR count). The van der Waals surface area contributed by atoms with Crippen LogP contribution in [0.1, 0.15) is 31.4 Å². The molecule has 0 saturated heterocycles. The normalized spacial score (nSPS) is 11.5. The van der Waals surface area contributed by atoms with E-state index in [1.807, 2.05) is 0 Å². The zero-order chi connectivity index (χ0) is 11.5. The first-order valence-electron chi connectivity index (χ1n) is 5.35. The monoisotopic (exact) mass is 207 g/mol. The van der Waals surface area contributed by atoms with Crippen molar-refractivity contribution in [2.24, 2.45) is 5.73 Å². The van der Waals surface area contributed by atoms with E-state index in [0.717, 1.165) is 18.6 Å². The first-order chi connectivity index (χ1) is 6.94. The Morgan fingerprint density at radius 2 is 2.00 bits per heavy atom. The molecule has 0 atom stereocenters. The number of nitrogens with two attached hydrogens (primary N) is 1. The van der Waals surface area contributed by atoms with Crippen LogP contribution in [0, 0.1) is 6.92 Å². The van der Waals surface area contributed by atoms with E-state index in [1.54, 1.807) is 7.11 Å². The molecule has 0 heterocycles. The van der Waals surface area contributed by atoms with Crippen molar-refractivity contribution >= 4 is 0 Å². The lowest BCUT2D eigenvalue weighted by molar-refractivity contribution is 0.401. The molecule has 0 bridgehead atoms. The summed E-state index contributed by atoms with van der Waals surface area (Å²) in [4.78, 5) is 0. The van der Waals surface area contributed by atoms with Crippen molar-refractivity contribution in [1.29, 1.82) is 0 Å². The van der Waals surface area contributed by atoms with Gasteiger partial charge in [-0.05, 0) is 44.7 Å². The SMILES string of the molecule is COc1c(C)cccc1CCC(C)(C)N. The van der Waals surface area contributed by atoms with E-state index in [1.165, 1.54) is 11.1 Å². The number of benzene rings is 1. The molecular weight excluding hydrogens is 186 g/mol. The van der Waals surface area contributed by atoms with E-state index in [2.05, 4.69) is 39.0 Å². The second-order valence-corrected chi connectivity index (χ2v) is 4.76. The molecule has 84 valence electrons. The first-order valence-corrected chi connectivity index (χ1v) is 5.35. The highest BCUT2D eigenvalue weighted by Gasteiger charge is 2.13. The molecule has 0 unspecified atom stereocenters. The molecule has 0 aliphatic carbocycles. The summed E-state index contributed by atoms with van der Waals surface area (Å²) in [5.74, 6) is 1.00. The third kappa shape index (κ3) is 3.56. The van der Waals surface area contributed by atoms with Crippen molar-refractivity contribution in [2.75, 3.05) is 7.11 Å². The fourth-order valence-electron chi connectivity index (χ4n) is 1.66. The Bertz CT molecular complexity index is 326.